The van der Waals surface area contributed by atoms with E-state index in [0.29, 0.717) is 0 Å². The van der Waals surface area contributed by atoms with Gasteiger partial charge in [-0.1, -0.05) is 38.5 Å². The molecule has 0 spiro atoms. The maximum Gasteiger partial charge on any atom is 1.00 e. The van der Waals surface area contributed by atoms with Crippen LogP contribution < -0.4 is 58.2 Å². The minimum Gasteiger partial charge on any atom is -0.328 e. The van der Waals surface area contributed by atoms with Gasteiger partial charge in [0, 0.05) is 6.42 Å². The fraction of sp³-hybridized carbons (Fsp3) is 0.882. The molecule has 0 radical (unpaired) electrons. The second-order valence-corrected chi connectivity index (χ2v) is 6.46. The Bertz CT molecular complexity index is 257. The van der Waals surface area contributed by atoms with Crippen LogP contribution in [0.15, 0.2) is 0 Å². The normalized spacial score (nSPS) is 28.4. The number of nitrogens with zero attached hydrogens (tertiary/aromatic N) is 1. The smallest absolute Gasteiger partial charge is 0.328 e. The van der Waals surface area contributed by atoms with E-state index in [0.717, 1.165) is 30.7 Å². The van der Waals surface area contributed by atoms with Crippen LogP contribution in [-0.2, 0) is 0 Å². The Labute approximate surface area is 168 Å². The summed E-state index contributed by atoms with van der Waals surface area (Å²) in [6.07, 6.45) is 18.0. The van der Waals surface area contributed by atoms with Crippen LogP contribution in [0.3, 0.4) is 0 Å². The summed E-state index contributed by atoms with van der Waals surface area (Å²) in [7, 11) is 0. The molecule has 2 rings (SSSR count). The third-order valence-corrected chi connectivity index (χ3v) is 5.07. The zero-order chi connectivity index (χ0) is 12.6. The van der Waals surface area contributed by atoms with E-state index in [9.17, 15) is 0 Å². The molecule has 0 aromatic carbocycles. The monoisotopic (exact) mass is 331 g/mol. The van der Waals surface area contributed by atoms with Crippen molar-refractivity contribution in [1.29, 1.82) is 0 Å². The number of hydrogen-bond acceptors (Lipinski definition) is 0. The van der Waals surface area contributed by atoms with Crippen molar-refractivity contribution in [3.05, 3.63) is 17.8 Å². The quantitative estimate of drug-likeness (QED) is 0.538. The van der Waals surface area contributed by atoms with Crippen molar-refractivity contribution >= 4 is 0 Å². The first-order valence-corrected chi connectivity index (χ1v) is 8.03. The van der Waals surface area contributed by atoms with Crippen molar-refractivity contribution in [2.24, 2.45) is 17.8 Å². The Morgan fingerprint density at radius 1 is 0.895 bits per heavy atom. The van der Waals surface area contributed by atoms with Gasteiger partial charge in [0.2, 0.25) is 6.54 Å². The van der Waals surface area contributed by atoms with Crippen molar-refractivity contribution in [2.45, 2.75) is 70.6 Å². The fourth-order valence-electron chi connectivity index (χ4n) is 3.92. The number of rotatable bonds is 5. The molecule has 0 aromatic rings. The minimum atomic E-state index is 0. The minimum absolute atomic E-state index is 0. The Kier molecular flexibility index (Phi) is 10.6. The van der Waals surface area contributed by atoms with Crippen molar-refractivity contribution < 1.29 is 58.2 Å². The Hall–Kier alpha value is 1.30. The van der Waals surface area contributed by atoms with E-state index < -0.39 is 0 Å². The predicted molar refractivity (Wildman–Crippen MR) is 77.0 cm³/mol. The molecule has 0 saturated heterocycles. The van der Waals surface area contributed by atoms with Crippen LogP contribution in [0, 0.1) is 30.7 Å². The molecule has 0 aromatic heterocycles. The summed E-state index contributed by atoms with van der Waals surface area (Å²) in [6.45, 7) is 7.57. The average Bonchev–Trinajstić information content (AvgIpc) is 2.42. The van der Waals surface area contributed by atoms with Gasteiger partial charge in [-0.05, 0) is 30.6 Å². The maximum atomic E-state index is 6.82. The Balaban J connectivity index is 0.00000180. The van der Waals surface area contributed by atoms with Gasteiger partial charge in [0.25, 0.3) is 0 Å². The second-order valence-electron chi connectivity index (χ2n) is 6.46. The van der Waals surface area contributed by atoms with Crippen molar-refractivity contribution in [1.82, 2.24) is 0 Å². The molecule has 2 aliphatic carbocycles. The van der Waals surface area contributed by atoms with E-state index in [4.69, 9.17) is 6.57 Å². The third-order valence-electron chi connectivity index (χ3n) is 5.07. The SMILES string of the molecule is [C-]#[N+]CCCC1CCC(CC2CC[CH-]CC2)CC1.[Rb+]. The van der Waals surface area contributed by atoms with Crippen LogP contribution in [0.2, 0.25) is 0 Å². The van der Waals surface area contributed by atoms with Gasteiger partial charge < -0.3 is 11.3 Å². The molecule has 1 nitrogen and oxygen atoms in total. The first-order chi connectivity index (χ1) is 8.88. The van der Waals surface area contributed by atoms with Crippen molar-refractivity contribution in [2.75, 3.05) is 6.54 Å². The van der Waals surface area contributed by atoms with Gasteiger partial charge in [0.05, 0.1) is 0 Å². The van der Waals surface area contributed by atoms with E-state index in [1.165, 1.54) is 64.2 Å². The largest absolute Gasteiger partial charge is 1.00 e. The van der Waals surface area contributed by atoms with Crippen LogP contribution in [0.4, 0.5) is 0 Å². The summed E-state index contributed by atoms with van der Waals surface area (Å²) in [5.74, 6) is 3.02. The molecule has 0 heterocycles. The molecular weight excluding hydrogens is 304 g/mol. The van der Waals surface area contributed by atoms with Gasteiger partial charge in [-0.2, -0.15) is 12.8 Å². The van der Waals surface area contributed by atoms with Gasteiger partial charge in [0.15, 0.2) is 0 Å². The molecule has 19 heavy (non-hydrogen) atoms. The van der Waals surface area contributed by atoms with Crippen molar-refractivity contribution in [3.8, 4) is 0 Å². The molecule has 0 atom stereocenters. The molecule has 0 N–H and O–H groups in total. The predicted octanol–water partition coefficient (Wildman–Crippen LogP) is 2.28. The molecule has 0 amide bonds. The van der Waals surface area contributed by atoms with Gasteiger partial charge in [-0.3, -0.25) is 0 Å². The first-order valence-electron chi connectivity index (χ1n) is 8.03. The summed E-state index contributed by atoms with van der Waals surface area (Å²) in [6, 6.07) is 0. The summed E-state index contributed by atoms with van der Waals surface area (Å²) >= 11 is 0. The third kappa shape index (κ3) is 7.21. The molecular formula is C17H28NRb. The average molecular weight is 332 g/mol. The van der Waals surface area contributed by atoms with Crippen LogP contribution >= 0.6 is 0 Å². The van der Waals surface area contributed by atoms with Gasteiger partial charge >= 0.3 is 58.2 Å². The van der Waals surface area contributed by atoms with Crippen LogP contribution in [-0.4, -0.2) is 6.54 Å². The molecule has 0 unspecified atom stereocenters. The fourth-order valence-corrected chi connectivity index (χ4v) is 3.92. The summed E-state index contributed by atoms with van der Waals surface area (Å²) in [5.41, 5.74) is 0. The standard InChI is InChI=1S/C17H28N.Rb/c1-18-13-5-8-15-9-11-17(12-10-15)14-16-6-3-2-4-7-16;/h2,15-17H,3-14H2;/q-1;+1. The topological polar surface area (TPSA) is 4.36 Å². The van der Waals surface area contributed by atoms with Crippen LogP contribution in [0.25, 0.3) is 4.85 Å². The van der Waals surface area contributed by atoms with Gasteiger partial charge in [-0.15, -0.1) is 0 Å². The van der Waals surface area contributed by atoms with E-state index in [-0.39, 0.29) is 58.2 Å². The molecule has 2 fully saturated rings. The zero-order valence-electron chi connectivity index (χ0n) is 12.7. The van der Waals surface area contributed by atoms with Gasteiger partial charge in [-0.25, -0.2) is 6.57 Å². The van der Waals surface area contributed by atoms with E-state index in [1.54, 1.807) is 0 Å². The van der Waals surface area contributed by atoms with Crippen molar-refractivity contribution in [3.63, 3.8) is 0 Å². The molecule has 2 saturated carbocycles. The van der Waals surface area contributed by atoms with E-state index in [1.807, 2.05) is 0 Å². The summed E-state index contributed by atoms with van der Waals surface area (Å²) in [5, 5.41) is 0. The van der Waals surface area contributed by atoms with E-state index >= 15 is 0 Å². The maximum absolute atomic E-state index is 6.82. The first kappa shape index (κ1) is 18.3. The Morgan fingerprint density at radius 2 is 1.47 bits per heavy atom. The molecule has 0 aliphatic heterocycles. The molecule has 0 bridgehead atoms. The summed E-state index contributed by atoms with van der Waals surface area (Å²) in [4.78, 5) is 3.46. The Morgan fingerprint density at radius 3 is 2.11 bits per heavy atom. The number of hydrogen-bond donors (Lipinski definition) is 0. The zero-order valence-corrected chi connectivity index (χ0v) is 17.7. The van der Waals surface area contributed by atoms with Crippen LogP contribution in [0.5, 0.6) is 0 Å². The summed E-state index contributed by atoms with van der Waals surface area (Å²) < 4.78 is 0. The molecule has 2 aliphatic rings. The van der Waals surface area contributed by atoms with Gasteiger partial charge in [0.1, 0.15) is 0 Å². The van der Waals surface area contributed by atoms with E-state index in [2.05, 4.69) is 11.3 Å². The van der Waals surface area contributed by atoms with Crippen LogP contribution in [0.1, 0.15) is 70.6 Å². The molecule has 102 valence electrons. The second kappa shape index (κ2) is 10.9. The molecule has 2 heteroatoms.